The second-order valence-corrected chi connectivity index (χ2v) is 5.42. The third-order valence-corrected chi connectivity index (χ3v) is 4.17. The molecule has 0 saturated carbocycles. The topological polar surface area (TPSA) is 0 Å². The molecule has 0 fully saturated rings. The smallest absolute Gasteiger partial charge is 0.201 e. The van der Waals surface area contributed by atoms with Gasteiger partial charge in [0.2, 0.25) is 0 Å². The van der Waals surface area contributed by atoms with Gasteiger partial charge in [0.1, 0.15) is 0 Å². The van der Waals surface area contributed by atoms with E-state index < -0.39 is 32.6 Å². The van der Waals surface area contributed by atoms with Crippen molar-refractivity contribution in [1.29, 1.82) is 0 Å². The molecule has 0 aromatic heterocycles. The Morgan fingerprint density at radius 2 is 2.00 bits per heavy atom. The number of alkyl halides is 2. The molecule has 0 unspecified atom stereocenters. The van der Waals surface area contributed by atoms with E-state index in [0.717, 1.165) is 0 Å². The Balaban J connectivity index is 2.89. The Bertz CT molecular complexity index is 249. The van der Waals surface area contributed by atoms with Crippen LogP contribution in [0.1, 0.15) is 13.8 Å². The van der Waals surface area contributed by atoms with Crippen LogP contribution in [0.2, 0.25) is 0 Å². The molecule has 0 nitrogen and oxygen atoms in total. The first-order chi connectivity index (χ1) is 5.55. The summed E-state index contributed by atoms with van der Waals surface area (Å²) in [5.74, 6) is -3.20. The van der Waals surface area contributed by atoms with E-state index in [0.29, 0.717) is 3.51 Å². The van der Waals surface area contributed by atoms with Crippen molar-refractivity contribution in [3.05, 3.63) is 22.3 Å². The molecule has 1 aliphatic heterocycles. The summed E-state index contributed by atoms with van der Waals surface area (Å²) in [6.45, 7) is 3.12. The van der Waals surface area contributed by atoms with Gasteiger partial charge in [0.05, 0.1) is 3.51 Å². The third kappa shape index (κ3) is 2.00. The van der Waals surface area contributed by atoms with Crippen LogP contribution in [-0.4, -0.2) is 9.43 Å². The molecule has 0 spiro atoms. The number of hydrogen-bond donors (Lipinski definition) is 0. The average Bonchev–Trinajstić information content (AvgIpc) is 2.06. The minimum atomic E-state index is -2.60. The highest BCUT2D eigenvalue weighted by Gasteiger charge is 2.36. The van der Waals surface area contributed by atoms with Crippen molar-refractivity contribution in [3.8, 4) is 0 Å². The maximum absolute atomic E-state index is 13.3. The van der Waals surface area contributed by atoms with Crippen LogP contribution >= 0.6 is 20.7 Å². The van der Waals surface area contributed by atoms with Crippen LogP contribution in [0, 0.1) is 5.92 Å². The van der Waals surface area contributed by atoms with Gasteiger partial charge < -0.3 is 0 Å². The summed E-state index contributed by atoms with van der Waals surface area (Å²) in [7, 11) is 0. The predicted molar refractivity (Wildman–Crippen MR) is 57.1 cm³/mol. The Labute approximate surface area is 81.1 Å². The number of allylic oxidation sites excluding steroid dienone is 3. The lowest BCUT2D eigenvalue weighted by Gasteiger charge is -2.21. The molecule has 0 amide bonds. The van der Waals surface area contributed by atoms with E-state index in [-0.39, 0.29) is 0 Å². The zero-order valence-electron chi connectivity index (χ0n) is 7.02. The van der Waals surface area contributed by atoms with Crippen molar-refractivity contribution in [1.82, 2.24) is 0 Å². The van der Waals surface area contributed by atoms with E-state index in [1.54, 1.807) is 26.0 Å². The molecule has 0 radical (unpaired) electrons. The van der Waals surface area contributed by atoms with Crippen LogP contribution in [0.25, 0.3) is 0 Å². The second kappa shape index (κ2) is 3.77. The van der Waals surface area contributed by atoms with Gasteiger partial charge in [-0.1, -0.05) is 46.7 Å². The van der Waals surface area contributed by atoms with Gasteiger partial charge in [-0.3, -0.25) is 0 Å². The Morgan fingerprint density at radius 1 is 1.33 bits per heavy atom. The highest BCUT2D eigenvalue weighted by Crippen LogP contribution is 2.31. The quantitative estimate of drug-likeness (QED) is 0.681. The summed E-state index contributed by atoms with van der Waals surface area (Å²) in [6.07, 6.45) is 5.09. The van der Waals surface area contributed by atoms with E-state index >= 15 is 0 Å². The second-order valence-electron chi connectivity index (χ2n) is 2.91. The molecular formula is C9H11F2I. The summed E-state index contributed by atoms with van der Waals surface area (Å²) < 4.78 is 28.9. The van der Waals surface area contributed by atoms with Crippen molar-refractivity contribution in [2.45, 2.75) is 19.8 Å². The van der Waals surface area contributed by atoms with E-state index in [1.165, 1.54) is 0 Å². The molecule has 0 atom stereocenters. The SMILES string of the molecule is CC(C)C(F)(F)C1=IC=CC=C1. The minimum Gasteiger partial charge on any atom is -0.201 e. The summed E-state index contributed by atoms with van der Waals surface area (Å²) in [5, 5.41) is 0. The van der Waals surface area contributed by atoms with E-state index in [1.807, 2.05) is 10.2 Å². The third-order valence-electron chi connectivity index (χ3n) is 1.65. The fourth-order valence-corrected chi connectivity index (χ4v) is 3.07. The van der Waals surface area contributed by atoms with Crippen LogP contribution in [0.3, 0.4) is 0 Å². The van der Waals surface area contributed by atoms with Gasteiger partial charge in [0.25, 0.3) is 5.92 Å². The minimum absolute atomic E-state index is 0.332. The molecular weight excluding hydrogens is 273 g/mol. The van der Waals surface area contributed by atoms with Crippen molar-refractivity contribution in [2.75, 3.05) is 0 Å². The van der Waals surface area contributed by atoms with Crippen molar-refractivity contribution >= 4 is 24.2 Å². The molecule has 68 valence electrons. The van der Waals surface area contributed by atoms with Gasteiger partial charge in [-0.15, -0.1) is 0 Å². The molecule has 0 aromatic carbocycles. The lowest BCUT2D eigenvalue weighted by molar-refractivity contribution is 0.0321. The van der Waals surface area contributed by atoms with Crippen molar-refractivity contribution in [3.63, 3.8) is 0 Å². The van der Waals surface area contributed by atoms with Gasteiger partial charge in [-0.05, 0) is 10.2 Å². The van der Waals surface area contributed by atoms with Crippen molar-refractivity contribution < 1.29 is 8.78 Å². The van der Waals surface area contributed by atoms with Crippen LogP contribution < -0.4 is 0 Å². The largest absolute Gasteiger partial charge is 0.280 e. The summed E-state index contributed by atoms with van der Waals surface area (Å²) in [6, 6.07) is 0. The molecule has 0 N–H and O–H groups in total. The lowest BCUT2D eigenvalue weighted by atomic mass is 10.0. The molecule has 1 heterocycles. The fourth-order valence-electron chi connectivity index (χ4n) is 0.782. The molecule has 0 saturated heterocycles. The maximum atomic E-state index is 13.3. The number of hydrogen-bond acceptors (Lipinski definition) is 0. The Hall–Kier alpha value is -0.0600. The van der Waals surface area contributed by atoms with Gasteiger partial charge in [0, 0.05) is 5.92 Å². The molecule has 0 aromatic rings. The number of rotatable bonds is 2. The maximum Gasteiger partial charge on any atom is 0.280 e. The Morgan fingerprint density at radius 3 is 2.42 bits per heavy atom. The van der Waals surface area contributed by atoms with Crippen molar-refractivity contribution in [2.24, 2.45) is 5.92 Å². The van der Waals surface area contributed by atoms with Crippen LogP contribution in [0.4, 0.5) is 8.78 Å². The number of halogens is 3. The monoisotopic (exact) mass is 284 g/mol. The molecule has 1 rings (SSSR count). The van der Waals surface area contributed by atoms with Crippen LogP contribution in [0.5, 0.6) is 0 Å². The van der Waals surface area contributed by atoms with Crippen LogP contribution in [-0.2, 0) is 0 Å². The molecule has 0 aliphatic carbocycles. The highest BCUT2D eigenvalue weighted by atomic mass is 127. The predicted octanol–water partition coefficient (Wildman–Crippen LogP) is 3.50. The molecule has 12 heavy (non-hydrogen) atoms. The Kier molecular flexibility index (Phi) is 3.15. The van der Waals surface area contributed by atoms with E-state index in [4.69, 9.17) is 0 Å². The fraction of sp³-hybridized carbons (Fsp3) is 0.444. The first kappa shape index (κ1) is 10.0. The van der Waals surface area contributed by atoms with Gasteiger partial charge in [-0.2, -0.15) is 0 Å². The summed E-state index contributed by atoms with van der Waals surface area (Å²) in [5.41, 5.74) is 0. The summed E-state index contributed by atoms with van der Waals surface area (Å²) in [4.78, 5) is 0. The van der Waals surface area contributed by atoms with Crippen LogP contribution in [0.15, 0.2) is 22.3 Å². The average molecular weight is 284 g/mol. The summed E-state index contributed by atoms with van der Waals surface area (Å²) >= 11 is -0.575. The highest BCUT2D eigenvalue weighted by molar-refractivity contribution is 14.2. The zero-order chi connectivity index (χ0) is 9.19. The normalized spacial score (nSPS) is 17.6. The van der Waals surface area contributed by atoms with Gasteiger partial charge in [0.15, 0.2) is 0 Å². The van der Waals surface area contributed by atoms with Gasteiger partial charge >= 0.3 is 0 Å². The zero-order valence-corrected chi connectivity index (χ0v) is 9.18. The first-order valence-corrected chi connectivity index (χ1v) is 6.09. The molecule has 0 bridgehead atoms. The van der Waals surface area contributed by atoms with Gasteiger partial charge in [-0.25, -0.2) is 8.78 Å². The van der Waals surface area contributed by atoms with E-state index in [2.05, 4.69) is 0 Å². The van der Waals surface area contributed by atoms with E-state index in [9.17, 15) is 8.78 Å². The lowest BCUT2D eigenvalue weighted by Crippen LogP contribution is -2.32. The molecule has 1 aliphatic rings. The standard InChI is InChI=1S/C9H11F2I/c1-7(2)9(10,11)8-5-3-4-6-12-8/h3-7H,1-2H3. The molecule has 3 heteroatoms. The first-order valence-electron chi connectivity index (χ1n) is 3.77.